The number of fused-ring (bicyclic) bond motifs is 1. The molecule has 0 aliphatic carbocycles. The molecule has 9 nitrogen and oxygen atoms in total. The predicted molar refractivity (Wildman–Crippen MR) is 91.5 cm³/mol. The van der Waals surface area contributed by atoms with Crippen LogP contribution in [0.15, 0.2) is 36.0 Å². The Labute approximate surface area is 144 Å². The number of nitrogens with one attached hydrogen (secondary N) is 2. The van der Waals surface area contributed by atoms with Gasteiger partial charge in [0.1, 0.15) is 5.57 Å². The van der Waals surface area contributed by atoms with Gasteiger partial charge in [0.2, 0.25) is 5.95 Å². The number of aromatic nitrogens is 2. The molecule has 3 rings (SSSR count). The van der Waals surface area contributed by atoms with E-state index in [0.717, 1.165) is 11.0 Å². The Bertz CT molecular complexity index is 914. The minimum Gasteiger partial charge on any atom is -0.331 e. The monoisotopic (exact) mass is 363 g/mol. The molecular formula is C15H17N5O4S. The Morgan fingerprint density at radius 3 is 2.28 bits per heavy atom. The third kappa shape index (κ3) is 2.74. The fraction of sp³-hybridized carbons (Fsp3) is 0.267. The van der Waals surface area contributed by atoms with Crippen LogP contribution in [0.3, 0.4) is 0 Å². The van der Waals surface area contributed by atoms with E-state index >= 15 is 0 Å². The summed E-state index contributed by atoms with van der Waals surface area (Å²) in [5, 5.41) is 2.76. The number of anilines is 1. The van der Waals surface area contributed by atoms with Crippen LogP contribution >= 0.6 is 0 Å². The van der Waals surface area contributed by atoms with Gasteiger partial charge in [-0.2, -0.15) is 8.42 Å². The Morgan fingerprint density at radius 1 is 1.12 bits per heavy atom. The molecule has 0 saturated carbocycles. The van der Waals surface area contributed by atoms with Crippen molar-refractivity contribution in [2.24, 2.45) is 0 Å². The number of carbonyl (C=O) groups is 2. The molecule has 1 saturated heterocycles. The Hall–Kier alpha value is -2.88. The zero-order valence-electron chi connectivity index (χ0n) is 13.7. The van der Waals surface area contributed by atoms with Crippen LogP contribution < -0.4 is 5.32 Å². The molecule has 10 heteroatoms. The summed E-state index contributed by atoms with van der Waals surface area (Å²) in [5.74, 6) is -1.38. The van der Waals surface area contributed by atoms with Gasteiger partial charge in [0.15, 0.2) is 0 Å². The van der Waals surface area contributed by atoms with Crippen molar-refractivity contribution in [3.05, 3.63) is 36.0 Å². The Morgan fingerprint density at radius 2 is 1.72 bits per heavy atom. The van der Waals surface area contributed by atoms with Gasteiger partial charge in [0, 0.05) is 19.3 Å². The van der Waals surface area contributed by atoms with Gasteiger partial charge >= 0.3 is 10.2 Å². The molecule has 2 amide bonds. The number of rotatable bonds is 4. The third-order valence-corrected chi connectivity index (χ3v) is 5.75. The van der Waals surface area contributed by atoms with Gasteiger partial charge in [-0.25, -0.2) is 13.6 Å². The topological polar surface area (TPSA) is 115 Å². The van der Waals surface area contributed by atoms with E-state index in [1.54, 1.807) is 0 Å². The molecule has 2 aromatic rings. The fourth-order valence-corrected chi connectivity index (χ4v) is 4.09. The molecule has 0 spiro atoms. The standard InChI is InChI=1S/C15H17N5O4S/c1-3-19-13(21)10(14(22)20(4-2)25(19,23)24)9-16-15-17-11-7-5-6-8-12(11)18-15/h5-9H,3-4H2,1-2H3,(H2,16,17,18). The van der Waals surface area contributed by atoms with E-state index in [1.807, 2.05) is 24.3 Å². The van der Waals surface area contributed by atoms with Gasteiger partial charge in [-0.05, 0) is 26.0 Å². The van der Waals surface area contributed by atoms with Gasteiger partial charge < -0.3 is 10.3 Å². The molecule has 1 aromatic carbocycles. The average molecular weight is 363 g/mol. The summed E-state index contributed by atoms with van der Waals surface area (Å²) in [6, 6.07) is 7.33. The van der Waals surface area contributed by atoms with Crippen LogP contribution in [-0.2, 0) is 19.8 Å². The van der Waals surface area contributed by atoms with Gasteiger partial charge in [0.25, 0.3) is 11.8 Å². The Kier molecular flexibility index (Phi) is 4.21. The number of carbonyl (C=O) groups excluding carboxylic acids is 2. The average Bonchev–Trinajstić information content (AvgIpc) is 2.97. The maximum absolute atomic E-state index is 12.4. The number of benzene rings is 1. The van der Waals surface area contributed by atoms with Gasteiger partial charge in [-0.1, -0.05) is 12.1 Å². The summed E-state index contributed by atoms with van der Waals surface area (Å²) in [5.41, 5.74) is 1.24. The summed E-state index contributed by atoms with van der Waals surface area (Å²) in [6.45, 7) is 2.94. The van der Waals surface area contributed by atoms with Crippen LogP contribution in [0.4, 0.5) is 5.95 Å². The van der Waals surface area contributed by atoms with Crippen LogP contribution in [0.25, 0.3) is 11.0 Å². The van der Waals surface area contributed by atoms with E-state index in [2.05, 4.69) is 15.3 Å². The zero-order chi connectivity index (χ0) is 18.2. The van der Waals surface area contributed by atoms with Crippen molar-refractivity contribution in [2.45, 2.75) is 13.8 Å². The highest BCUT2D eigenvalue weighted by atomic mass is 32.2. The summed E-state index contributed by atoms with van der Waals surface area (Å²) in [7, 11) is -4.12. The lowest BCUT2D eigenvalue weighted by Gasteiger charge is -2.33. The quantitative estimate of drug-likeness (QED) is 0.614. The number of likely N-dealkylation sites (N-methyl/N-ethyl adjacent to an activating group) is 2. The lowest BCUT2D eigenvalue weighted by Crippen LogP contribution is -2.56. The molecule has 0 radical (unpaired) electrons. The van der Waals surface area contributed by atoms with Crippen molar-refractivity contribution < 1.29 is 18.0 Å². The first-order valence-corrected chi connectivity index (χ1v) is 9.10. The van der Waals surface area contributed by atoms with Gasteiger partial charge in [-0.15, -0.1) is 0 Å². The van der Waals surface area contributed by atoms with E-state index in [4.69, 9.17) is 0 Å². The molecule has 132 valence electrons. The first-order valence-electron chi connectivity index (χ1n) is 7.70. The van der Waals surface area contributed by atoms with Gasteiger partial charge in [-0.3, -0.25) is 9.59 Å². The number of aromatic amines is 1. The summed E-state index contributed by atoms with van der Waals surface area (Å²) < 4.78 is 25.9. The van der Waals surface area contributed by atoms with Crippen molar-refractivity contribution in [1.82, 2.24) is 18.6 Å². The summed E-state index contributed by atoms with van der Waals surface area (Å²) in [6.07, 6.45) is 1.18. The van der Waals surface area contributed by atoms with Crippen LogP contribution in [0.2, 0.25) is 0 Å². The minimum atomic E-state index is -4.12. The van der Waals surface area contributed by atoms with Crippen molar-refractivity contribution in [2.75, 3.05) is 18.4 Å². The van der Waals surface area contributed by atoms with Gasteiger partial charge in [0.05, 0.1) is 11.0 Å². The second kappa shape index (κ2) is 6.20. The predicted octanol–water partition coefficient (Wildman–Crippen LogP) is 0.814. The highest BCUT2D eigenvalue weighted by Crippen LogP contribution is 2.22. The lowest BCUT2D eigenvalue weighted by molar-refractivity contribution is -0.131. The number of hydrogen-bond donors (Lipinski definition) is 2. The maximum atomic E-state index is 12.4. The normalized spacial score (nSPS) is 17.3. The largest absolute Gasteiger partial charge is 0.331 e. The smallest absolute Gasteiger partial charge is 0.331 e. The number of imidazole rings is 1. The molecule has 0 unspecified atom stereocenters. The highest BCUT2D eigenvalue weighted by Gasteiger charge is 2.45. The number of hydrogen-bond acceptors (Lipinski definition) is 6. The van der Waals surface area contributed by atoms with E-state index in [9.17, 15) is 18.0 Å². The molecule has 1 aromatic heterocycles. The number of amides is 2. The lowest BCUT2D eigenvalue weighted by atomic mass is 10.2. The number of H-pyrrole nitrogens is 1. The van der Waals surface area contributed by atoms with E-state index in [0.29, 0.717) is 14.6 Å². The zero-order valence-corrected chi connectivity index (χ0v) is 14.5. The van der Waals surface area contributed by atoms with E-state index in [-0.39, 0.29) is 18.7 Å². The SMILES string of the molecule is CCN1C(=O)C(=CNc2nc3ccccc3[nH]2)C(=O)N(CC)S1(=O)=O. The number of nitrogens with zero attached hydrogens (tertiary/aromatic N) is 3. The second-order valence-corrected chi connectivity index (χ2v) is 7.03. The van der Waals surface area contributed by atoms with Crippen molar-refractivity contribution in [3.63, 3.8) is 0 Å². The molecule has 25 heavy (non-hydrogen) atoms. The summed E-state index contributed by atoms with van der Waals surface area (Å²) in [4.78, 5) is 32.1. The molecule has 0 bridgehead atoms. The second-order valence-electron chi connectivity index (χ2n) is 5.25. The molecule has 2 heterocycles. The van der Waals surface area contributed by atoms with Crippen LogP contribution in [0.5, 0.6) is 0 Å². The van der Waals surface area contributed by atoms with Crippen LogP contribution in [-0.4, -0.2) is 51.9 Å². The molecule has 2 N–H and O–H groups in total. The van der Waals surface area contributed by atoms with Crippen LogP contribution in [0, 0.1) is 0 Å². The maximum Gasteiger partial charge on any atom is 0.331 e. The van der Waals surface area contributed by atoms with Crippen LogP contribution in [0.1, 0.15) is 13.8 Å². The molecular weight excluding hydrogens is 346 g/mol. The molecule has 1 aliphatic heterocycles. The summed E-state index contributed by atoms with van der Waals surface area (Å²) >= 11 is 0. The van der Waals surface area contributed by atoms with E-state index < -0.39 is 22.0 Å². The van der Waals surface area contributed by atoms with E-state index in [1.165, 1.54) is 20.0 Å². The van der Waals surface area contributed by atoms with Crippen molar-refractivity contribution in [1.29, 1.82) is 0 Å². The molecule has 1 fully saturated rings. The molecule has 0 atom stereocenters. The van der Waals surface area contributed by atoms with Crippen molar-refractivity contribution >= 4 is 39.0 Å². The first-order chi connectivity index (χ1) is 11.9. The number of para-hydroxylation sites is 2. The third-order valence-electron chi connectivity index (χ3n) is 3.79. The fourth-order valence-electron chi connectivity index (χ4n) is 2.59. The molecule has 1 aliphatic rings. The minimum absolute atomic E-state index is 0.0626. The first kappa shape index (κ1) is 17.0. The Balaban J connectivity index is 1.95. The highest BCUT2D eigenvalue weighted by molar-refractivity contribution is 7.88. The van der Waals surface area contributed by atoms with Crippen molar-refractivity contribution in [3.8, 4) is 0 Å².